The molecule has 0 radical (unpaired) electrons. The fourth-order valence-corrected chi connectivity index (χ4v) is 5.28. The summed E-state index contributed by atoms with van der Waals surface area (Å²) >= 11 is 5.11. The van der Waals surface area contributed by atoms with Crippen molar-refractivity contribution in [2.45, 2.75) is 18.7 Å². The lowest BCUT2D eigenvalue weighted by molar-refractivity contribution is 0.0773. The van der Waals surface area contributed by atoms with Gasteiger partial charge in [0.15, 0.2) is 5.13 Å². The van der Waals surface area contributed by atoms with Gasteiger partial charge in [0.2, 0.25) is 0 Å². The first-order valence-electron chi connectivity index (χ1n) is 8.45. The summed E-state index contributed by atoms with van der Waals surface area (Å²) in [7, 11) is 0. The smallest absolute Gasteiger partial charge is 0.187 e. The number of nitrogens with one attached hydrogen (secondary N) is 1. The lowest BCUT2D eigenvalue weighted by Crippen LogP contribution is -2.30. The number of rotatable bonds is 5. The second kappa shape index (κ2) is 8.06. The first-order valence-corrected chi connectivity index (χ1v) is 10.9. The summed E-state index contributed by atoms with van der Waals surface area (Å²) in [5.74, 6) is 0. The second-order valence-electron chi connectivity index (χ2n) is 5.97. The fourth-order valence-electron chi connectivity index (χ4n) is 2.71. The molecule has 5 nitrogen and oxygen atoms in total. The zero-order valence-electron chi connectivity index (χ0n) is 14.7. The van der Waals surface area contributed by atoms with E-state index in [2.05, 4.69) is 44.3 Å². The molecule has 8 heteroatoms. The number of ether oxygens (including phenoxy) is 1. The molecule has 0 bridgehead atoms. The molecule has 3 heterocycles. The Balaban J connectivity index is 1.40. The Hall–Kier alpha value is -1.45. The minimum absolute atomic E-state index is 0.817. The molecule has 4 rings (SSSR count). The molecule has 0 unspecified atom stereocenters. The van der Waals surface area contributed by atoms with E-state index in [1.165, 1.54) is 4.90 Å². The van der Waals surface area contributed by atoms with Crippen molar-refractivity contribution in [3.8, 4) is 10.6 Å². The molecule has 1 N–H and O–H groups in total. The fraction of sp³-hybridized carbons (Fsp3) is 0.333. The number of hydrogen-bond donors (Lipinski definition) is 1. The van der Waals surface area contributed by atoms with E-state index in [1.807, 2.05) is 13.8 Å². The number of hydrogen-bond acceptors (Lipinski definition) is 8. The van der Waals surface area contributed by atoms with Gasteiger partial charge in [0.05, 0.1) is 34.5 Å². The molecule has 3 aromatic rings. The van der Waals surface area contributed by atoms with Crippen molar-refractivity contribution in [1.82, 2.24) is 14.3 Å². The Bertz CT molecular complexity index is 869. The minimum atomic E-state index is 0.817. The van der Waals surface area contributed by atoms with Gasteiger partial charge in [0, 0.05) is 29.1 Å². The third-order valence-electron chi connectivity index (χ3n) is 3.95. The highest BCUT2D eigenvalue weighted by Gasteiger charge is 2.13. The summed E-state index contributed by atoms with van der Waals surface area (Å²) < 4.78 is 7.74. The third-order valence-corrected chi connectivity index (χ3v) is 6.91. The van der Waals surface area contributed by atoms with Crippen molar-refractivity contribution < 1.29 is 4.74 Å². The molecule has 0 aliphatic carbocycles. The van der Waals surface area contributed by atoms with Crippen molar-refractivity contribution in [1.29, 1.82) is 0 Å². The normalized spacial score (nSPS) is 15.3. The Morgan fingerprint density at radius 2 is 1.88 bits per heavy atom. The second-order valence-corrected chi connectivity index (χ2v) is 9.20. The van der Waals surface area contributed by atoms with Crippen LogP contribution in [0.4, 0.5) is 10.8 Å². The number of aromatic nitrogens is 2. The molecule has 2 aromatic heterocycles. The van der Waals surface area contributed by atoms with Gasteiger partial charge in [-0.25, -0.2) is 14.3 Å². The van der Waals surface area contributed by atoms with Crippen LogP contribution in [0.1, 0.15) is 10.7 Å². The van der Waals surface area contributed by atoms with Gasteiger partial charge in [0.25, 0.3) is 0 Å². The zero-order chi connectivity index (χ0) is 17.9. The van der Waals surface area contributed by atoms with Crippen LogP contribution in [-0.2, 0) is 4.74 Å². The number of thiazole rings is 2. The van der Waals surface area contributed by atoms with Crippen molar-refractivity contribution >= 4 is 45.4 Å². The van der Waals surface area contributed by atoms with E-state index in [0.29, 0.717) is 0 Å². The van der Waals surface area contributed by atoms with Crippen LogP contribution < -0.4 is 5.32 Å². The van der Waals surface area contributed by atoms with E-state index in [-0.39, 0.29) is 0 Å². The highest BCUT2D eigenvalue weighted by Crippen LogP contribution is 2.33. The molecule has 0 amide bonds. The maximum atomic E-state index is 5.39. The van der Waals surface area contributed by atoms with Crippen molar-refractivity contribution in [2.24, 2.45) is 0 Å². The average molecular weight is 405 g/mol. The predicted octanol–water partition coefficient (Wildman–Crippen LogP) is 4.97. The maximum absolute atomic E-state index is 5.39. The highest BCUT2D eigenvalue weighted by molar-refractivity contribution is 7.97. The van der Waals surface area contributed by atoms with Crippen LogP contribution in [0.2, 0.25) is 0 Å². The number of nitrogens with zero attached hydrogens (tertiary/aromatic N) is 3. The quantitative estimate of drug-likeness (QED) is 0.606. The standard InChI is InChI=1S/C18H20N4OS3/c1-12-17(25-13(2)19-12)16-11-24-18(21-16)20-14-3-5-15(6-4-14)26-22-7-9-23-10-8-22/h3-6,11H,7-10H2,1-2H3,(H,20,21). The van der Waals surface area contributed by atoms with Gasteiger partial charge in [-0.05, 0) is 50.1 Å². The molecule has 1 fully saturated rings. The lowest BCUT2D eigenvalue weighted by Gasteiger charge is -2.25. The van der Waals surface area contributed by atoms with Crippen molar-refractivity contribution in [3.63, 3.8) is 0 Å². The summed E-state index contributed by atoms with van der Waals surface area (Å²) in [5, 5.41) is 7.47. The van der Waals surface area contributed by atoms with Gasteiger partial charge < -0.3 is 10.1 Å². The zero-order valence-corrected chi connectivity index (χ0v) is 17.1. The Labute approximate surface area is 165 Å². The molecule has 26 heavy (non-hydrogen) atoms. The minimum Gasteiger partial charge on any atom is -0.379 e. The topological polar surface area (TPSA) is 50.3 Å². The van der Waals surface area contributed by atoms with Gasteiger partial charge in [-0.15, -0.1) is 22.7 Å². The van der Waals surface area contributed by atoms with Crippen LogP contribution in [0.15, 0.2) is 34.5 Å². The van der Waals surface area contributed by atoms with E-state index in [4.69, 9.17) is 9.72 Å². The molecule has 0 spiro atoms. The summed E-state index contributed by atoms with van der Waals surface area (Å²) in [6.45, 7) is 7.65. The third kappa shape index (κ3) is 4.27. The monoisotopic (exact) mass is 404 g/mol. The molecule has 1 aromatic carbocycles. The van der Waals surface area contributed by atoms with Gasteiger partial charge in [-0.1, -0.05) is 0 Å². The van der Waals surface area contributed by atoms with Crippen LogP contribution in [-0.4, -0.2) is 40.6 Å². The molecule has 0 atom stereocenters. The van der Waals surface area contributed by atoms with E-state index in [0.717, 1.165) is 58.4 Å². The maximum Gasteiger partial charge on any atom is 0.187 e. The van der Waals surface area contributed by atoms with E-state index >= 15 is 0 Å². The Kier molecular flexibility index (Phi) is 5.56. The molecule has 1 saturated heterocycles. The van der Waals surface area contributed by atoms with Crippen LogP contribution in [0.25, 0.3) is 10.6 Å². The number of anilines is 2. The van der Waals surface area contributed by atoms with E-state index in [9.17, 15) is 0 Å². The van der Waals surface area contributed by atoms with Crippen LogP contribution >= 0.6 is 34.6 Å². The summed E-state index contributed by atoms with van der Waals surface area (Å²) in [5.41, 5.74) is 3.10. The highest BCUT2D eigenvalue weighted by atomic mass is 32.2. The summed E-state index contributed by atoms with van der Waals surface area (Å²) in [6, 6.07) is 8.50. The average Bonchev–Trinajstić information content (AvgIpc) is 3.23. The largest absolute Gasteiger partial charge is 0.379 e. The first kappa shape index (κ1) is 17.9. The van der Waals surface area contributed by atoms with E-state index in [1.54, 1.807) is 34.6 Å². The van der Waals surface area contributed by atoms with Gasteiger partial charge in [-0.3, -0.25) is 0 Å². The van der Waals surface area contributed by atoms with E-state index < -0.39 is 0 Å². The Morgan fingerprint density at radius 1 is 1.12 bits per heavy atom. The number of aryl methyl sites for hydroxylation is 2. The summed E-state index contributed by atoms with van der Waals surface area (Å²) in [6.07, 6.45) is 0. The molecule has 1 aliphatic rings. The van der Waals surface area contributed by atoms with Crippen molar-refractivity contribution in [2.75, 3.05) is 31.6 Å². The molecular weight excluding hydrogens is 384 g/mol. The molecular formula is C18H20N4OS3. The predicted molar refractivity (Wildman–Crippen MR) is 111 cm³/mol. The molecule has 0 saturated carbocycles. The van der Waals surface area contributed by atoms with Gasteiger partial charge in [0.1, 0.15) is 0 Å². The van der Waals surface area contributed by atoms with Gasteiger partial charge >= 0.3 is 0 Å². The number of benzene rings is 1. The first-order chi connectivity index (χ1) is 12.7. The molecule has 1 aliphatic heterocycles. The lowest BCUT2D eigenvalue weighted by atomic mass is 10.3. The van der Waals surface area contributed by atoms with Crippen molar-refractivity contribution in [3.05, 3.63) is 40.3 Å². The van der Waals surface area contributed by atoms with Crippen LogP contribution in [0.5, 0.6) is 0 Å². The van der Waals surface area contributed by atoms with Crippen LogP contribution in [0.3, 0.4) is 0 Å². The van der Waals surface area contributed by atoms with Gasteiger partial charge in [-0.2, -0.15) is 0 Å². The molecule has 136 valence electrons. The number of morpholine rings is 1. The van der Waals surface area contributed by atoms with Crippen LogP contribution in [0, 0.1) is 13.8 Å². The SMILES string of the molecule is Cc1nc(C)c(-c2csc(Nc3ccc(SN4CCOCC4)cc3)n2)s1. The Morgan fingerprint density at radius 3 is 2.58 bits per heavy atom. The summed E-state index contributed by atoms with van der Waals surface area (Å²) in [4.78, 5) is 11.6.